The second kappa shape index (κ2) is 8.45. The molecule has 2 aromatic heterocycles. The van der Waals surface area contributed by atoms with Gasteiger partial charge in [0.2, 0.25) is 0 Å². The van der Waals surface area contributed by atoms with Crippen LogP contribution in [0.1, 0.15) is 44.9 Å². The van der Waals surface area contributed by atoms with Crippen LogP contribution in [0, 0.1) is 23.0 Å². The average molecular weight is 457 g/mol. The molecular formula is C26H17F2N3O3. The van der Waals surface area contributed by atoms with Crippen LogP contribution < -0.4 is 4.74 Å². The highest BCUT2D eigenvalue weighted by Crippen LogP contribution is 2.40. The molecule has 2 aromatic carbocycles. The molecule has 3 heterocycles. The van der Waals surface area contributed by atoms with E-state index in [4.69, 9.17) is 4.74 Å². The van der Waals surface area contributed by atoms with E-state index in [1.54, 1.807) is 6.08 Å². The number of allylic oxidation sites excluding steroid dienone is 1. The molecule has 1 aliphatic heterocycles. The summed E-state index contributed by atoms with van der Waals surface area (Å²) in [6.45, 7) is 0.214. The Balaban J connectivity index is 1.75. The van der Waals surface area contributed by atoms with Gasteiger partial charge in [0.1, 0.15) is 29.6 Å². The van der Waals surface area contributed by atoms with Crippen LogP contribution in [0.15, 0.2) is 60.8 Å². The average Bonchev–Trinajstić information content (AvgIpc) is 3.08. The molecule has 0 atom stereocenters. The predicted molar refractivity (Wildman–Crippen MR) is 119 cm³/mol. The summed E-state index contributed by atoms with van der Waals surface area (Å²) < 4.78 is 35.9. The first kappa shape index (κ1) is 21.3. The fourth-order valence-electron chi connectivity index (χ4n) is 4.34. The summed E-state index contributed by atoms with van der Waals surface area (Å²) in [5.41, 5.74) is 3.63. The van der Waals surface area contributed by atoms with Crippen LogP contribution in [-0.4, -0.2) is 20.5 Å². The van der Waals surface area contributed by atoms with Crippen LogP contribution in [0.25, 0.3) is 11.2 Å². The molecule has 0 aliphatic carbocycles. The van der Waals surface area contributed by atoms with Gasteiger partial charge in [-0.15, -0.1) is 0 Å². The Kier molecular flexibility index (Phi) is 5.30. The standard InChI is InChI=1S/C26H17F2N3O3/c27-17-7-9-31-21(25(26(32)33)30-23(31)13-17)11-16-10-18(28)12-22-24(16)20(6-3-8-29)19-5-2-1-4-15(19)14-34-22/h1-2,4-7,9-10,12-13H,3,11,14H2,(H,32,33). The molecule has 0 spiro atoms. The summed E-state index contributed by atoms with van der Waals surface area (Å²) in [5, 5.41) is 19.0. The van der Waals surface area contributed by atoms with Crippen molar-refractivity contribution < 1.29 is 23.4 Å². The lowest BCUT2D eigenvalue weighted by Gasteiger charge is -2.16. The molecule has 0 saturated carbocycles. The minimum Gasteiger partial charge on any atom is -0.488 e. The van der Waals surface area contributed by atoms with E-state index in [1.165, 1.54) is 28.8 Å². The zero-order valence-electron chi connectivity index (χ0n) is 17.8. The quantitative estimate of drug-likeness (QED) is 0.459. The van der Waals surface area contributed by atoms with Crippen molar-refractivity contribution in [2.75, 3.05) is 0 Å². The number of carboxylic acid groups (broad SMARTS) is 1. The lowest BCUT2D eigenvalue weighted by molar-refractivity contribution is 0.0690. The molecule has 1 aliphatic rings. The van der Waals surface area contributed by atoms with E-state index in [2.05, 4.69) is 11.1 Å². The first-order valence-corrected chi connectivity index (χ1v) is 10.5. The third-order valence-corrected chi connectivity index (χ3v) is 5.75. The molecular weight excluding hydrogens is 440 g/mol. The molecule has 6 nitrogen and oxygen atoms in total. The van der Waals surface area contributed by atoms with E-state index >= 15 is 0 Å². The first-order chi connectivity index (χ1) is 16.5. The molecule has 8 heteroatoms. The molecule has 0 unspecified atom stereocenters. The Morgan fingerprint density at radius 2 is 2.03 bits per heavy atom. The molecule has 4 aromatic rings. The number of nitrogens with zero attached hydrogens (tertiary/aromatic N) is 3. The van der Waals surface area contributed by atoms with Crippen molar-refractivity contribution in [1.29, 1.82) is 5.26 Å². The zero-order valence-corrected chi connectivity index (χ0v) is 17.8. The van der Waals surface area contributed by atoms with Crippen molar-refractivity contribution in [2.24, 2.45) is 0 Å². The van der Waals surface area contributed by atoms with Gasteiger partial charge in [0, 0.05) is 30.3 Å². The number of aromatic nitrogens is 2. The van der Waals surface area contributed by atoms with Crippen molar-refractivity contribution in [3.05, 3.63) is 106 Å². The van der Waals surface area contributed by atoms with Gasteiger partial charge in [0.15, 0.2) is 5.69 Å². The summed E-state index contributed by atoms with van der Waals surface area (Å²) in [6.07, 6.45) is 3.27. The van der Waals surface area contributed by atoms with Crippen LogP contribution in [-0.2, 0) is 13.0 Å². The first-order valence-electron chi connectivity index (χ1n) is 10.5. The monoisotopic (exact) mass is 457 g/mol. The molecule has 1 N–H and O–H groups in total. The van der Waals surface area contributed by atoms with Gasteiger partial charge >= 0.3 is 5.97 Å². The highest BCUT2D eigenvalue weighted by Gasteiger charge is 2.26. The van der Waals surface area contributed by atoms with Crippen molar-refractivity contribution in [3.63, 3.8) is 0 Å². The van der Waals surface area contributed by atoms with Crippen molar-refractivity contribution in [1.82, 2.24) is 9.38 Å². The number of rotatable bonds is 4. The molecule has 34 heavy (non-hydrogen) atoms. The summed E-state index contributed by atoms with van der Waals surface area (Å²) in [7, 11) is 0. The number of halogens is 2. The van der Waals surface area contributed by atoms with Gasteiger partial charge in [-0.05, 0) is 34.4 Å². The molecule has 5 rings (SSSR count). The van der Waals surface area contributed by atoms with Gasteiger partial charge in [0.05, 0.1) is 18.2 Å². The van der Waals surface area contributed by atoms with Crippen molar-refractivity contribution in [3.8, 4) is 11.8 Å². The fraction of sp³-hybridized carbons (Fsp3) is 0.115. The number of nitriles is 1. The molecule has 0 saturated heterocycles. The normalized spacial score (nSPS) is 13.6. The van der Waals surface area contributed by atoms with E-state index in [9.17, 15) is 23.9 Å². The molecule has 168 valence electrons. The second-order valence-corrected chi connectivity index (χ2v) is 7.83. The van der Waals surface area contributed by atoms with Gasteiger partial charge in [-0.1, -0.05) is 30.3 Å². The van der Waals surface area contributed by atoms with E-state index < -0.39 is 17.6 Å². The second-order valence-electron chi connectivity index (χ2n) is 7.83. The SMILES string of the molecule is N#CCC=C1c2ccccc2COc2cc(F)cc(Cc3c(C(=O)O)nc4cc(F)ccn34)c21. The number of imidazole rings is 1. The molecule has 0 fully saturated rings. The number of benzene rings is 2. The number of carboxylic acids is 1. The maximum absolute atomic E-state index is 14.7. The number of fused-ring (bicyclic) bond motifs is 3. The van der Waals surface area contributed by atoms with E-state index in [0.29, 0.717) is 22.4 Å². The molecule has 0 bridgehead atoms. The Morgan fingerprint density at radius 3 is 2.82 bits per heavy atom. The van der Waals surface area contributed by atoms with Crippen molar-refractivity contribution >= 4 is 17.2 Å². The molecule has 0 radical (unpaired) electrons. The predicted octanol–water partition coefficient (Wildman–Crippen LogP) is 5.14. The zero-order chi connectivity index (χ0) is 23.8. The fourth-order valence-corrected chi connectivity index (χ4v) is 4.34. The van der Waals surface area contributed by atoms with E-state index in [0.717, 1.165) is 17.2 Å². The van der Waals surface area contributed by atoms with Crippen LogP contribution >= 0.6 is 0 Å². The van der Waals surface area contributed by atoms with E-state index in [1.807, 2.05) is 24.3 Å². The number of carbonyl (C=O) groups is 1. The van der Waals surface area contributed by atoms with Gasteiger partial charge in [-0.2, -0.15) is 5.26 Å². The van der Waals surface area contributed by atoms with E-state index in [-0.39, 0.29) is 36.5 Å². The number of ether oxygens (including phenoxy) is 1. The van der Waals surface area contributed by atoms with Gasteiger partial charge in [-0.25, -0.2) is 18.6 Å². The maximum atomic E-state index is 14.7. The highest BCUT2D eigenvalue weighted by atomic mass is 19.1. The third-order valence-electron chi connectivity index (χ3n) is 5.75. The third kappa shape index (κ3) is 3.67. The van der Waals surface area contributed by atoms with Gasteiger partial charge < -0.3 is 14.2 Å². The van der Waals surface area contributed by atoms with Crippen LogP contribution in [0.5, 0.6) is 5.75 Å². The summed E-state index contributed by atoms with van der Waals surface area (Å²) >= 11 is 0. The number of hydrogen-bond donors (Lipinski definition) is 1. The molecule has 0 amide bonds. The van der Waals surface area contributed by atoms with Crippen molar-refractivity contribution in [2.45, 2.75) is 19.4 Å². The Morgan fingerprint density at radius 1 is 1.21 bits per heavy atom. The minimum absolute atomic E-state index is 0.00997. The maximum Gasteiger partial charge on any atom is 0.356 e. The summed E-state index contributed by atoms with van der Waals surface area (Å²) in [5.74, 6) is -2.07. The lowest BCUT2D eigenvalue weighted by atomic mass is 9.88. The topological polar surface area (TPSA) is 87.6 Å². The van der Waals surface area contributed by atoms with Crippen LogP contribution in [0.2, 0.25) is 0 Å². The minimum atomic E-state index is -1.27. The lowest BCUT2D eigenvalue weighted by Crippen LogP contribution is -2.07. The number of aromatic carboxylic acids is 1. The van der Waals surface area contributed by atoms with Gasteiger partial charge in [-0.3, -0.25) is 0 Å². The summed E-state index contributed by atoms with van der Waals surface area (Å²) in [6, 6.07) is 14.6. The Labute approximate surface area is 193 Å². The summed E-state index contributed by atoms with van der Waals surface area (Å²) in [4.78, 5) is 16.0. The highest BCUT2D eigenvalue weighted by molar-refractivity contribution is 5.89. The van der Waals surface area contributed by atoms with Gasteiger partial charge in [0.25, 0.3) is 0 Å². The Bertz CT molecular complexity index is 1530. The largest absolute Gasteiger partial charge is 0.488 e. The van der Waals surface area contributed by atoms with Crippen LogP contribution in [0.3, 0.4) is 0 Å². The Hall–Kier alpha value is -4.51. The number of pyridine rings is 1. The number of hydrogen-bond acceptors (Lipinski definition) is 4. The smallest absolute Gasteiger partial charge is 0.356 e. The van der Waals surface area contributed by atoms with Crippen LogP contribution in [0.4, 0.5) is 8.78 Å².